The monoisotopic (exact) mass is 304 g/mol. The molecule has 2 nitrogen and oxygen atoms in total. The highest BCUT2D eigenvalue weighted by molar-refractivity contribution is 6.30. The molecule has 3 heteroatoms. The maximum Gasteiger partial charge on any atom is 0.0408 e. The van der Waals surface area contributed by atoms with E-state index in [0.717, 1.165) is 23.7 Å². The topological polar surface area (TPSA) is 15.3 Å². The van der Waals surface area contributed by atoms with Gasteiger partial charge in [-0.15, -0.1) is 0 Å². The predicted molar refractivity (Wildman–Crippen MR) is 87.9 cm³/mol. The number of piperidine rings is 2. The van der Waals surface area contributed by atoms with Gasteiger partial charge in [0.1, 0.15) is 0 Å². The molecule has 0 aliphatic carbocycles. The van der Waals surface area contributed by atoms with Crippen molar-refractivity contribution in [2.45, 2.75) is 50.1 Å². The molecule has 1 N–H and O–H groups in total. The Labute approximate surface area is 132 Å². The number of rotatable bonds is 1. The normalized spacial score (nSPS) is 39.8. The van der Waals surface area contributed by atoms with Crippen LogP contribution >= 0.6 is 11.6 Å². The Morgan fingerprint density at radius 3 is 2.71 bits per heavy atom. The fourth-order valence-corrected chi connectivity index (χ4v) is 5.46. The van der Waals surface area contributed by atoms with Gasteiger partial charge in [-0.05, 0) is 68.8 Å². The van der Waals surface area contributed by atoms with Crippen LogP contribution in [-0.2, 0) is 0 Å². The molecule has 0 saturated carbocycles. The largest absolute Gasteiger partial charge is 0.316 e. The SMILES string of the molecule is CN1C2CCC1CC1(CCNCC1c1cccc(Cl)c1)C2. The van der Waals surface area contributed by atoms with Gasteiger partial charge in [0.15, 0.2) is 0 Å². The van der Waals surface area contributed by atoms with E-state index in [-0.39, 0.29) is 0 Å². The number of nitrogens with one attached hydrogen (secondary N) is 1. The van der Waals surface area contributed by atoms with E-state index in [1.54, 1.807) is 0 Å². The minimum atomic E-state index is 0.494. The van der Waals surface area contributed by atoms with Crippen molar-refractivity contribution in [2.75, 3.05) is 20.1 Å². The third kappa shape index (κ3) is 2.32. The van der Waals surface area contributed by atoms with Gasteiger partial charge in [0, 0.05) is 29.6 Å². The fourth-order valence-electron chi connectivity index (χ4n) is 5.26. The van der Waals surface area contributed by atoms with Gasteiger partial charge in [-0.25, -0.2) is 0 Å². The first-order valence-electron chi connectivity index (χ1n) is 8.36. The van der Waals surface area contributed by atoms with Crippen LogP contribution < -0.4 is 5.32 Å². The van der Waals surface area contributed by atoms with E-state index in [4.69, 9.17) is 11.6 Å². The van der Waals surface area contributed by atoms with Gasteiger partial charge >= 0.3 is 0 Å². The lowest BCUT2D eigenvalue weighted by Crippen LogP contribution is -2.53. The summed E-state index contributed by atoms with van der Waals surface area (Å²) in [5.74, 6) is 0.627. The average Bonchev–Trinajstić information content (AvgIpc) is 2.71. The minimum absolute atomic E-state index is 0.494. The molecule has 21 heavy (non-hydrogen) atoms. The highest BCUT2D eigenvalue weighted by atomic mass is 35.5. The fraction of sp³-hybridized carbons (Fsp3) is 0.667. The van der Waals surface area contributed by atoms with E-state index in [2.05, 4.69) is 35.5 Å². The van der Waals surface area contributed by atoms with Crippen molar-refractivity contribution in [3.05, 3.63) is 34.9 Å². The zero-order valence-corrected chi connectivity index (χ0v) is 13.6. The zero-order valence-electron chi connectivity index (χ0n) is 12.8. The lowest BCUT2D eigenvalue weighted by molar-refractivity contribution is 0.0196. The maximum atomic E-state index is 6.26. The molecule has 1 aromatic rings. The Morgan fingerprint density at radius 1 is 1.24 bits per heavy atom. The molecule has 3 unspecified atom stereocenters. The highest BCUT2D eigenvalue weighted by Crippen LogP contribution is 2.55. The van der Waals surface area contributed by atoms with Crippen LogP contribution in [-0.4, -0.2) is 37.1 Å². The smallest absolute Gasteiger partial charge is 0.0408 e. The van der Waals surface area contributed by atoms with Crippen LogP contribution in [0.15, 0.2) is 24.3 Å². The molecule has 3 atom stereocenters. The number of hydrogen-bond acceptors (Lipinski definition) is 2. The number of benzene rings is 1. The average molecular weight is 305 g/mol. The minimum Gasteiger partial charge on any atom is -0.316 e. The van der Waals surface area contributed by atoms with Crippen LogP contribution in [0.2, 0.25) is 5.02 Å². The Balaban J connectivity index is 1.69. The highest BCUT2D eigenvalue weighted by Gasteiger charge is 2.51. The molecule has 0 radical (unpaired) electrons. The Morgan fingerprint density at radius 2 is 2.00 bits per heavy atom. The first-order chi connectivity index (χ1) is 10.2. The van der Waals surface area contributed by atoms with Gasteiger partial charge < -0.3 is 10.2 Å². The van der Waals surface area contributed by atoms with Crippen molar-refractivity contribution in [3.63, 3.8) is 0 Å². The molecule has 0 amide bonds. The standard InChI is InChI=1S/C18H25ClN2/c1-21-15-5-6-16(21)11-18(10-15)7-8-20-12-17(18)13-3-2-4-14(19)9-13/h2-4,9,15-17,20H,5-8,10-12H2,1H3. The molecule has 1 aromatic carbocycles. The molecule has 3 aliphatic rings. The number of nitrogens with zero attached hydrogens (tertiary/aromatic N) is 1. The second-order valence-electron chi connectivity index (χ2n) is 7.38. The molecule has 114 valence electrons. The van der Waals surface area contributed by atoms with Crippen molar-refractivity contribution in [3.8, 4) is 0 Å². The zero-order chi connectivity index (χ0) is 14.4. The summed E-state index contributed by atoms with van der Waals surface area (Å²) >= 11 is 6.26. The Bertz CT molecular complexity index is 516. The summed E-state index contributed by atoms with van der Waals surface area (Å²) in [5, 5.41) is 4.51. The summed E-state index contributed by atoms with van der Waals surface area (Å²) in [7, 11) is 2.34. The number of hydrogen-bond donors (Lipinski definition) is 1. The van der Waals surface area contributed by atoms with Crippen LogP contribution in [0.5, 0.6) is 0 Å². The second kappa shape index (κ2) is 5.26. The first-order valence-corrected chi connectivity index (χ1v) is 8.74. The van der Waals surface area contributed by atoms with E-state index in [1.165, 1.54) is 44.2 Å². The molecular formula is C18H25ClN2. The molecule has 3 heterocycles. The van der Waals surface area contributed by atoms with Crippen molar-refractivity contribution in [2.24, 2.45) is 5.41 Å². The van der Waals surface area contributed by atoms with Crippen molar-refractivity contribution in [1.82, 2.24) is 10.2 Å². The quantitative estimate of drug-likeness (QED) is 0.852. The molecule has 0 aromatic heterocycles. The van der Waals surface area contributed by atoms with Gasteiger partial charge in [0.25, 0.3) is 0 Å². The third-order valence-corrected chi connectivity index (χ3v) is 6.64. The summed E-state index contributed by atoms with van der Waals surface area (Å²) in [5.41, 5.74) is 1.94. The van der Waals surface area contributed by atoms with Crippen molar-refractivity contribution in [1.29, 1.82) is 0 Å². The van der Waals surface area contributed by atoms with Crippen molar-refractivity contribution >= 4 is 11.6 Å². The van der Waals surface area contributed by atoms with Crippen molar-refractivity contribution < 1.29 is 0 Å². The summed E-state index contributed by atoms with van der Waals surface area (Å²) in [4.78, 5) is 2.66. The lowest BCUT2D eigenvalue weighted by atomic mass is 9.61. The van der Waals surface area contributed by atoms with Gasteiger partial charge in [0.05, 0.1) is 0 Å². The van der Waals surface area contributed by atoms with E-state index in [9.17, 15) is 0 Å². The summed E-state index contributed by atoms with van der Waals surface area (Å²) in [6, 6.07) is 10.2. The van der Waals surface area contributed by atoms with Crippen LogP contribution in [0.4, 0.5) is 0 Å². The van der Waals surface area contributed by atoms with Crippen LogP contribution in [0.1, 0.15) is 43.6 Å². The third-order valence-electron chi connectivity index (χ3n) is 6.41. The summed E-state index contributed by atoms with van der Waals surface area (Å²) in [6.45, 7) is 2.30. The van der Waals surface area contributed by atoms with Gasteiger partial charge in [-0.2, -0.15) is 0 Å². The Hall–Kier alpha value is -0.570. The predicted octanol–water partition coefficient (Wildman–Crippen LogP) is 3.66. The van der Waals surface area contributed by atoms with E-state index < -0.39 is 0 Å². The second-order valence-corrected chi connectivity index (χ2v) is 7.82. The number of fused-ring (bicyclic) bond motifs is 2. The van der Waals surface area contributed by atoms with Crippen LogP contribution in [0, 0.1) is 5.41 Å². The van der Waals surface area contributed by atoms with Gasteiger partial charge in [-0.3, -0.25) is 0 Å². The summed E-state index contributed by atoms with van der Waals surface area (Å²) < 4.78 is 0. The molecule has 3 aliphatic heterocycles. The first kappa shape index (κ1) is 14.0. The summed E-state index contributed by atoms with van der Waals surface area (Å²) in [6.07, 6.45) is 6.87. The number of halogens is 1. The molecule has 3 saturated heterocycles. The van der Waals surface area contributed by atoms with Gasteiger partial charge in [0.2, 0.25) is 0 Å². The maximum absolute atomic E-state index is 6.26. The molecular weight excluding hydrogens is 280 g/mol. The van der Waals surface area contributed by atoms with Crippen LogP contribution in [0.25, 0.3) is 0 Å². The molecule has 2 bridgehead atoms. The van der Waals surface area contributed by atoms with E-state index in [0.29, 0.717) is 11.3 Å². The Kier molecular flexibility index (Phi) is 3.52. The molecule has 3 fully saturated rings. The van der Waals surface area contributed by atoms with Crippen LogP contribution in [0.3, 0.4) is 0 Å². The van der Waals surface area contributed by atoms with E-state index >= 15 is 0 Å². The van der Waals surface area contributed by atoms with E-state index in [1.807, 2.05) is 6.07 Å². The molecule has 4 rings (SSSR count). The molecule has 1 spiro atoms. The van der Waals surface area contributed by atoms with Gasteiger partial charge in [-0.1, -0.05) is 23.7 Å². The lowest BCUT2D eigenvalue weighted by Gasteiger charge is -2.52.